The lowest BCUT2D eigenvalue weighted by Gasteiger charge is -2.37. The van der Waals surface area contributed by atoms with Gasteiger partial charge in [0.05, 0.1) is 6.54 Å². The Balaban J connectivity index is 1.58. The van der Waals surface area contributed by atoms with Crippen molar-refractivity contribution in [3.63, 3.8) is 0 Å². The predicted molar refractivity (Wildman–Crippen MR) is 119 cm³/mol. The molecule has 1 aliphatic rings. The summed E-state index contributed by atoms with van der Waals surface area (Å²) in [5, 5.41) is 6.20. The van der Waals surface area contributed by atoms with E-state index >= 15 is 0 Å². The Labute approximate surface area is 181 Å². The maximum Gasteiger partial charge on any atom is 0.240 e. The summed E-state index contributed by atoms with van der Waals surface area (Å²) in [5.74, 6) is 1.62. The minimum atomic E-state index is 0.166. The maximum atomic E-state index is 6.66. The molecule has 30 heavy (non-hydrogen) atoms. The van der Waals surface area contributed by atoms with Gasteiger partial charge in [0.25, 0.3) is 0 Å². The van der Waals surface area contributed by atoms with Crippen LogP contribution in [0.3, 0.4) is 0 Å². The van der Waals surface area contributed by atoms with Crippen LogP contribution >= 0.6 is 11.6 Å². The van der Waals surface area contributed by atoms with E-state index in [2.05, 4.69) is 70.3 Å². The van der Waals surface area contributed by atoms with Crippen LogP contribution in [0.4, 0.5) is 0 Å². The quantitative estimate of drug-likeness (QED) is 0.439. The van der Waals surface area contributed by atoms with E-state index in [9.17, 15) is 0 Å². The van der Waals surface area contributed by atoms with Gasteiger partial charge in [0.2, 0.25) is 5.89 Å². The fraction of sp³-hybridized carbons (Fsp3) is 0.333. The second-order valence-electron chi connectivity index (χ2n) is 8.03. The summed E-state index contributed by atoms with van der Waals surface area (Å²) in [4.78, 5) is 10.7. The van der Waals surface area contributed by atoms with Crippen molar-refractivity contribution in [1.82, 2.24) is 20.0 Å². The van der Waals surface area contributed by atoms with Crippen LogP contribution < -0.4 is 0 Å². The zero-order valence-electron chi connectivity index (χ0n) is 17.2. The molecule has 5 nitrogen and oxygen atoms in total. The summed E-state index contributed by atoms with van der Waals surface area (Å²) in [6.45, 7) is 5.81. The molecule has 5 rings (SSSR count). The maximum absolute atomic E-state index is 6.66. The predicted octanol–water partition coefficient (Wildman–Crippen LogP) is 5.87. The standard InChI is InChI=1S/C24H25ClN4O/c1-3-8-21-27-22(30-28-21)14-29-13-18(16-9-4-6-11-19(16)25)23-17-10-5-7-12-20(17)26-24(23)15(29)2/h4-7,9-12,15,18,26H,3,8,13-14H2,1-2H3. The number of H-pyrrole nitrogens is 1. The number of rotatable bonds is 5. The second kappa shape index (κ2) is 7.89. The van der Waals surface area contributed by atoms with Crippen molar-refractivity contribution >= 4 is 22.5 Å². The average Bonchev–Trinajstić information content (AvgIpc) is 3.36. The highest BCUT2D eigenvalue weighted by Gasteiger charge is 2.36. The first-order valence-electron chi connectivity index (χ1n) is 10.6. The van der Waals surface area contributed by atoms with Crippen molar-refractivity contribution < 1.29 is 4.52 Å². The molecule has 4 aromatic rings. The van der Waals surface area contributed by atoms with Gasteiger partial charge in [-0.2, -0.15) is 4.98 Å². The molecular weight excluding hydrogens is 396 g/mol. The van der Waals surface area contributed by atoms with Gasteiger partial charge in [0.1, 0.15) is 0 Å². The highest BCUT2D eigenvalue weighted by atomic mass is 35.5. The van der Waals surface area contributed by atoms with Crippen molar-refractivity contribution in [2.75, 3.05) is 6.54 Å². The third-order valence-corrected chi connectivity index (χ3v) is 6.45. The largest absolute Gasteiger partial charge is 0.357 e. The number of benzene rings is 2. The Morgan fingerprint density at radius 2 is 1.97 bits per heavy atom. The normalized spacial score (nSPS) is 19.3. The molecule has 2 aromatic heterocycles. The van der Waals surface area contributed by atoms with Crippen LogP contribution in [-0.2, 0) is 13.0 Å². The minimum absolute atomic E-state index is 0.166. The Kier molecular flexibility index (Phi) is 5.09. The van der Waals surface area contributed by atoms with E-state index < -0.39 is 0 Å². The van der Waals surface area contributed by atoms with Crippen molar-refractivity contribution in [3.05, 3.63) is 82.1 Å². The summed E-state index contributed by atoms with van der Waals surface area (Å²) >= 11 is 6.66. The summed E-state index contributed by atoms with van der Waals surface area (Å²) in [5.41, 5.74) is 4.90. The van der Waals surface area contributed by atoms with E-state index in [0.29, 0.717) is 12.4 Å². The number of fused-ring (bicyclic) bond motifs is 3. The molecule has 0 spiro atoms. The van der Waals surface area contributed by atoms with Gasteiger partial charge < -0.3 is 9.51 Å². The second-order valence-corrected chi connectivity index (χ2v) is 8.44. The number of hydrogen-bond acceptors (Lipinski definition) is 4. The number of para-hydroxylation sites is 1. The average molecular weight is 421 g/mol. The Bertz CT molecular complexity index is 1180. The number of nitrogens with zero attached hydrogens (tertiary/aromatic N) is 3. The van der Waals surface area contributed by atoms with Crippen LogP contribution in [0.15, 0.2) is 53.1 Å². The third-order valence-electron chi connectivity index (χ3n) is 6.11. The Morgan fingerprint density at radius 1 is 1.17 bits per heavy atom. The molecule has 3 heterocycles. The monoisotopic (exact) mass is 420 g/mol. The summed E-state index contributed by atoms with van der Waals surface area (Å²) in [6, 6.07) is 16.9. The van der Waals surface area contributed by atoms with Crippen LogP contribution in [0.2, 0.25) is 5.02 Å². The Hall–Kier alpha value is -2.63. The van der Waals surface area contributed by atoms with Gasteiger partial charge in [-0.25, -0.2) is 0 Å². The number of aromatic amines is 1. The van der Waals surface area contributed by atoms with E-state index in [4.69, 9.17) is 16.1 Å². The molecule has 0 saturated heterocycles. The molecule has 154 valence electrons. The highest BCUT2D eigenvalue weighted by molar-refractivity contribution is 6.31. The molecule has 0 bridgehead atoms. The molecule has 6 heteroatoms. The first-order valence-corrected chi connectivity index (χ1v) is 10.9. The summed E-state index contributed by atoms with van der Waals surface area (Å²) < 4.78 is 5.54. The van der Waals surface area contributed by atoms with E-state index in [1.165, 1.54) is 16.6 Å². The van der Waals surface area contributed by atoms with Gasteiger partial charge in [-0.05, 0) is 36.6 Å². The molecule has 2 atom stereocenters. The third kappa shape index (κ3) is 3.32. The van der Waals surface area contributed by atoms with Gasteiger partial charge in [-0.3, -0.25) is 4.90 Å². The van der Waals surface area contributed by atoms with Gasteiger partial charge in [-0.1, -0.05) is 60.1 Å². The number of nitrogens with one attached hydrogen (secondary N) is 1. The lowest BCUT2D eigenvalue weighted by atomic mass is 9.83. The molecule has 2 aromatic carbocycles. The lowest BCUT2D eigenvalue weighted by Crippen LogP contribution is -2.36. The SMILES string of the molecule is CCCc1noc(CN2CC(c3ccccc3Cl)c3c([nH]c4ccccc34)C2C)n1. The molecule has 2 unspecified atom stereocenters. The molecule has 0 amide bonds. The molecule has 1 aliphatic heterocycles. The number of aryl methyl sites for hydroxylation is 1. The zero-order valence-corrected chi connectivity index (χ0v) is 18.0. The van der Waals surface area contributed by atoms with Crippen molar-refractivity contribution in [2.45, 2.75) is 45.2 Å². The fourth-order valence-electron chi connectivity index (χ4n) is 4.62. The summed E-state index contributed by atoms with van der Waals surface area (Å²) in [7, 11) is 0. The zero-order chi connectivity index (χ0) is 20.7. The van der Waals surface area contributed by atoms with Gasteiger partial charge in [0, 0.05) is 46.5 Å². The topological polar surface area (TPSA) is 58.0 Å². The lowest BCUT2D eigenvalue weighted by molar-refractivity contribution is 0.154. The molecule has 0 saturated carbocycles. The molecule has 0 aliphatic carbocycles. The van der Waals surface area contributed by atoms with E-state index in [-0.39, 0.29) is 12.0 Å². The number of hydrogen-bond donors (Lipinski definition) is 1. The van der Waals surface area contributed by atoms with Gasteiger partial charge in [0.15, 0.2) is 5.82 Å². The Morgan fingerprint density at radius 3 is 2.80 bits per heavy atom. The van der Waals surface area contributed by atoms with Crippen molar-refractivity contribution in [1.29, 1.82) is 0 Å². The molecule has 0 radical (unpaired) electrons. The van der Waals surface area contributed by atoms with E-state index in [1.54, 1.807) is 0 Å². The minimum Gasteiger partial charge on any atom is -0.357 e. The molecular formula is C24H25ClN4O. The van der Waals surface area contributed by atoms with Gasteiger partial charge >= 0.3 is 0 Å². The van der Waals surface area contributed by atoms with Crippen LogP contribution in [-0.4, -0.2) is 26.6 Å². The number of aromatic nitrogens is 3. The van der Waals surface area contributed by atoms with Crippen LogP contribution in [0.5, 0.6) is 0 Å². The fourth-order valence-corrected chi connectivity index (χ4v) is 4.89. The smallest absolute Gasteiger partial charge is 0.240 e. The number of halogens is 1. The first kappa shape index (κ1) is 19.3. The first-order chi connectivity index (χ1) is 14.7. The van der Waals surface area contributed by atoms with E-state index in [1.807, 2.05) is 12.1 Å². The van der Waals surface area contributed by atoms with Crippen molar-refractivity contribution in [2.24, 2.45) is 0 Å². The van der Waals surface area contributed by atoms with E-state index in [0.717, 1.165) is 41.3 Å². The van der Waals surface area contributed by atoms with Crippen molar-refractivity contribution in [3.8, 4) is 0 Å². The highest BCUT2D eigenvalue weighted by Crippen LogP contribution is 2.44. The van der Waals surface area contributed by atoms with Crippen LogP contribution in [0.1, 0.15) is 60.8 Å². The van der Waals surface area contributed by atoms with Crippen LogP contribution in [0.25, 0.3) is 10.9 Å². The van der Waals surface area contributed by atoms with Gasteiger partial charge in [-0.15, -0.1) is 0 Å². The molecule has 0 fully saturated rings. The summed E-state index contributed by atoms with van der Waals surface area (Å²) in [6.07, 6.45) is 1.85. The van der Waals surface area contributed by atoms with Crippen LogP contribution in [0, 0.1) is 0 Å². The molecule has 1 N–H and O–H groups in total.